The summed E-state index contributed by atoms with van der Waals surface area (Å²) in [6, 6.07) is 8.26. The lowest BCUT2D eigenvalue weighted by molar-refractivity contribution is 0.450. The van der Waals surface area contributed by atoms with Crippen molar-refractivity contribution < 1.29 is 0 Å². The van der Waals surface area contributed by atoms with Gasteiger partial charge in [0.2, 0.25) is 0 Å². The zero-order valence-electron chi connectivity index (χ0n) is 10.2. The topological polar surface area (TPSA) is 26.0 Å². The Kier molecular flexibility index (Phi) is 5.86. The van der Waals surface area contributed by atoms with Crippen molar-refractivity contribution in [3.05, 3.63) is 34.9 Å². The Bertz CT molecular complexity index is 292. The van der Waals surface area contributed by atoms with E-state index in [-0.39, 0.29) is 0 Å². The summed E-state index contributed by atoms with van der Waals surface area (Å²) >= 11 is 5.91. The molecule has 0 radical (unpaired) electrons. The molecule has 1 aromatic rings. The lowest BCUT2D eigenvalue weighted by atomic mass is 9.84. The summed E-state index contributed by atoms with van der Waals surface area (Å²) in [6.45, 7) is 5.36. The molecule has 0 saturated heterocycles. The minimum Gasteiger partial charge on any atom is -0.330 e. The minimum atomic E-state index is 0.629. The Morgan fingerprint density at radius 3 is 2.25 bits per heavy atom. The van der Waals surface area contributed by atoms with Crippen LogP contribution in [0.1, 0.15) is 44.6 Å². The largest absolute Gasteiger partial charge is 0.330 e. The number of hydrogen-bond acceptors (Lipinski definition) is 1. The Hall–Kier alpha value is -0.530. The normalized spacial score (nSPS) is 13.1. The standard InChI is InChI=1S/C14H22ClN/c1-11(2)14(5-3-4-10-16)12-6-8-13(15)9-7-12/h6-9,11,14H,3-5,10,16H2,1-2H3. The molecule has 0 aliphatic heterocycles. The first-order valence-corrected chi connectivity index (χ1v) is 6.48. The SMILES string of the molecule is CC(C)C(CCCCN)c1ccc(Cl)cc1. The molecule has 0 heterocycles. The predicted octanol–water partition coefficient (Wildman–Crippen LogP) is 4.21. The lowest BCUT2D eigenvalue weighted by Crippen LogP contribution is -2.08. The zero-order chi connectivity index (χ0) is 12.0. The summed E-state index contributed by atoms with van der Waals surface area (Å²) in [5, 5.41) is 0.813. The van der Waals surface area contributed by atoms with E-state index in [1.165, 1.54) is 18.4 Å². The maximum absolute atomic E-state index is 5.91. The first kappa shape index (κ1) is 13.5. The number of halogens is 1. The van der Waals surface area contributed by atoms with Crippen molar-refractivity contribution >= 4 is 11.6 Å². The molecule has 0 saturated carbocycles. The molecule has 16 heavy (non-hydrogen) atoms. The smallest absolute Gasteiger partial charge is 0.0406 e. The van der Waals surface area contributed by atoms with E-state index in [9.17, 15) is 0 Å². The summed E-state index contributed by atoms with van der Waals surface area (Å²) in [5.41, 5.74) is 6.93. The monoisotopic (exact) mass is 239 g/mol. The fourth-order valence-electron chi connectivity index (χ4n) is 2.10. The second-order valence-corrected chi connectivity index (χ2v) is 5.12. The van der Waals surface area contributed by atoms with E-state index in [1.54, 1.807) is 0 Å². The fraction of sp³-hybridized carbons (Fsp3) is 0.571. The van der Waals surface area contributed by atoms with Crippen LogP contribution in [0.3, 0.4) is 0 Å². The highest BCUT2D eigenvalue weighted by Gasteiger charge is 2.14. The van der Waals surface area contributed by atoms with E-state index in [0.29, 0.717) is 11.8 Å². The highest BCUT2D eigenvalue weighted by atomic mass is 35.5. The van der Waals surface area contributed by atoms with Gasteiger partial charge < -0.3 is 5.73 Å². The molecule has 2 N–H and O–H groups in total. The number of rotatable bonds is 6. The number of nitrogens with two attached hydrogens (primary N) is 1. The van der Waals surface area contributed by atoms with Crippen LogP contribution in [-0.4, -0.2) is 6.54 Å². The van der Waals surface area contributed by atoms with Crippen LogP contribution in [0.15, 0.2) is 24.3 Å². The summed E-state index contributed by atoms with van der Waals surface area (Å²) in [7, 11) is 0. The molecule has 0 aliphatic rings. The van der Waals surface area contributed by atoms with E-state index < -0.39 is 0 Å². The first-order valence-electron chi connectivity index (χ1n) is 6.10. The van der Waals surface area contributed by atoms with Gasteiger partial charge >= 0.3 is 0 Å². The van der Waals surface area contributed by atoms with Crippen LogP contribution in [0.25, 0.3) is 0 Å². The maximum atomic E-state index is 5.91. The van der Waals surface area contributed by atoms with Crippen molar-refractivity contribution in [3.8, 4) is 0 Å². The summed E-state index contributed by atoms with van der Waals surface area (Å²) < 4.78 is 0. The third kappa shape index (κ3) is 4.15. The van der Waals surface area contributed by atoms with Gasteiger partial charge in [0.25, 0.3) is 0 Å². The van der Waals surface area contributed by atoms with Gasteiger partial charge in [0.15, 0.2) is 0 Å². The molecule has 1 rings (SSSR count). The molecular weight excluding hydrogens is 218 g/mol. The van der Waals surface area contributed by atoms with Crippen LogP contribution in [0.5, 0.6) is 0 Å². The lowest BCUT2D eigenvalue weighted by Gasteiger charge is -2.21. The van der Waals surface area contributed by atoms with Crippen molar-refractivity contribution in [2.45, 2.75) is 39.0 Å². The fourth-order valence-corrected chi connectivity index (χ4v) is 2.23. The van der Waals surface area contributed by atoms with Crippen molar-refractivity contribution in [3.63, 3.8) is 0 Å². The predicted molar refractivity (Wildman–Crippen MR) is 71.9 cm³/mol. The minimum absolute atomic E-state index is 0.629. The van der Waals surface area contributed by atoms with E-state index in [2.05, 4.69) is 26.0 Å². The molecule has 0 amide bonds. The third-order valence-corrected chi connectivity index (χ3v) is 3.32. The Labute approximate surface area is 104 Å². The number of unbranched alkanes of at least 4 members (excludes halogenated alkanes) is 1. The third-order valence-electron chi connectivity index (χ3n) is 3.07. The average molecular weight is 240 g/mol. The van der Waals surface area contributed by atoms with Gasteiger partial charge in [-0.1, -0.05) is 44.0 Å². The van der Waals surface area contributed by atoms with E-state index in [4.69, 9.17) is 17.3 Å². The molecule has 1 aromatic carbocycles. The van der Waals surface area contributed by atoms with Crippen molar-refractivity contribution in [2.75, 3.05) is 6.54 Å². The van der Waals surface area contributed by atoms with Crippen LogP contribution >= 0.6 is 11.6 Å². The van der Waals surface area contributed by atoms with Gasteiger partial charge in [-0.25, -0.2) is 0 Å². The van der Waals surface area contributed by atoms with Crippen molar-refractivity contribution in [1.82, 2.24) is 0 Å². The second-order valence-electron chi connectivity index (χ2n) is 4.69. The molecular formula is C14H22ClN. The van der Waals surface area contributed by atoms with Crippen LogP contribution in [-0.2, 0) is 0 Å². The van der Waals surface area contributed by atoms with Gasteiger partial charge in [0.1, 0.15) is 0 Å². The van der Waals surface area contributed by atoms with Crippen LogP contribution < -0.4 is 5.73 Å². The second kappa shape index (κ2) is 6.93. The Balaban J connectivity index is 2.65. The van der Waals surface area contributed by atoms with Crippen LogP contribution in [0, 0.1) is 5.92 Å². The van der Waals surface area contributed by atoms with Crippen molar-refractivity contribution in [2.24, 2.45) is 11.7 Å². The molecule has 0 bridgehead atoms. The number of hydrogen-bond donors (Lipinski definition) is 1. The number of benzene rings is 1. The molecule has 0 spiro atoms. The van der Waals surface area contributed by atoms with Crippen molar-refractivity contribution in [1.29, 1.82) is 0 Å². The maximum Gasteiger partial charge on any atom is 0.0406 e. The van der Waals surface area contributed by atoms with E-state index in [0.717, 1.165) is 18.0 Å². The van der Waals surface area contributed by atoms with Gasteiger partial charge in [-0.2, -0.15) is 0 Å². The molecule has 0 aromatic heterocycles. The average Bonchev–Trinajstić information content (AvgIpc) is 2.26. The van der Waals surface area contributed by atoms with Gasteiger partial charge in [0.05, 0.1) is 0 Å². The summed E-state index contributed by atoms with van der Waals surface area (Å²) in [4.78, 5) is 0. The highest BCUT2D eigenvalue weighted by Crippen LogP contribution is 2.30. The highest BCUT2D eigenvalue weighted by molar-refractivity contribution is 6.30. The molecule has 90 valence electrons. The molecule has 0 fully saturated rings. The zero-order valence-corrected chi connectivity index (χ0v) is 11.0. The summed E-state index contributed by atoms with van der Waals surface area (Å²) in [5.74, 6) is 1.29. The summed E-state index contributed by atoms with van der Waals surface area (Å²) in [6.07, 6.45) is 3.55. The Morgan fingerprint density at radius 2 is 1.75 bits per heavy atom. The first-order chi connectivity index (χ1) is 7.65. The molecule has 1 atom stereocenters. The molecule has 0 aliphatic carbocycles. The van der Waals surface area contributed by atoms with Crippen LogP contribution in [0.4, 0.5) is 0 Å². The molecule has 1 unspecified atom stereocenters. The quantitative estimate of drug-likeness (QED) is 0.740. The van der Waals surface area contributed by atoms with Gasteiger partial charge in [0, 0.05) is 5.02 Å². The van der Waals surface area contributed by atoms with E-state index >= 15 is 0 Å². The molecule has 2 heteroatoms. The van der Waals surface area contributed by atoms with Gasteiger partial charge in [-0.3, -0.25) is 0 Å². The van der Waals surface area contributed by atoms with Crippen LogP contribution in [0.2, 0.25) is 5.02 Å². The van der Waals surface area contributed by atoms with Gasteiger partial charge in [-0.05, 0) is 48.9 Å². The van der Waals surface area contributed by atoms with Gasteiger partial charge in [-0.15, -0.1) is 0 Å². The molecule has 1 nitrogen and oxygen atoms in total. The Morgan fingerprint density at radius 1 is 1.12 bits per heavy atom. The van der Waals surface area contributed by atoms with E-state index in [1.807, 2.05) is 12.1 Å².